The molecule has 0 aliphatic heterocycles. The summed E-state index contributed by atoms with van der Waals surface area (Å²) in [5.74, 6) is 0.801. The molecule has 0 aliphatic rings. The van der Waals surface area contributed by atoms with E-state index < -0.39 is 0 Å². The van der Waals surface area contributed by atoms with Crippen LogP contribution in [0.5, 0.6) is 0 Å². The van der Waals surface area contributed by atoms with E-state index in [-0.39, 0.29) is 5.91 Å². The van der Waals surface area contributed by atoms with E-state index in [9.17, 15) is 4.79 Å². The number of carbonyl (C=O) groups excluding carboxylic acids is 1. The van der Waals surface area contributed by atoms with E-state index in [0.717, 1.165) is 22.8 Å². The number of aryl methyl sites for hydroxylation is 2. The summed E-state index contributed by atoms with van der Waals surface area (Å²) < 4.78 is 3.82. The molecule has 0 atom stereocenters. The predicted octanol–water partition coefficient (Wildman–Crippen LogP) is 3.76. The lowest BCUT2D eigenvalue weighted by molar-refractivity contribution is 0.0772. The molecule has 0 saturated carbocycles. The van der Waals surface area contributed by atoms with Crippen LogP contribution in [0.15, 0.2) is 48.8 Å². The highest BCUT2D eigenvalue weighted by Gasteiger charge is 2.26. The molecule has 0 N–H and O–H groups in total. The van der Waals surface area contributed by atoms with Gasteiger partial charge in [0.05, 0.1) is 11.4 Å². The maximum atomic E-state index is 13.1. The van der Waals surface area contributed by atoms with Crippen LogP contribution in [0.3, 0.4) is 0 Å². The number of amides is 1. The summed E-state index contributed by atoms with van der Waals surface area (Å²) >= 11 is 0. The molecule has 130 valence electrons. The molecular formula is C20H24N4O. The summed E-state index contributed by atoms with van der Waals surface area (Å²) in [4.78, 5) is 14.9. The van der Waals surface area contributed by atoms with Crippen molar-refractivity contribution in [3.63, 3.8) is 0 Å². The first-order valence-corrected chi connectivity index (χ1v) is 8.66. The van der Waals surface area contributed by atoms with Crippen molar-refractivity contribution >= 4 is 5.91 Å². The summed E-state index contributed by atoms with van der Waals surface area (Å²) in [6, 6.07) is 12.1. The SMILES string of the molecule is CCN(CC)C(=O)c1c(C)nn(-c2cccc(C)c2)c1-n1cccc1. The molecule has 25 heavy (non-hydrogen) atoms. The fourth-order valence-corrected chi connectivity index (χ4v) is 3.09. The number of rotatable bonds is 5. The molecule has 2 heterocycles. The number of hydrogen-bond donors (Lipinski definition) is 0. The molecule has 1 amide bonds. The van der Waals surface area contributed by atoms with Gasteiger partial charge in [0.25, 0.3) is 5.91 Å². The standard InChI is InChI=1S/C20H24N4O/c1-5-22(6-2)20(25)18-16(4)21-24(17-11-9-10-15(3)14-17)19(18)23-12-7-8-13-23/h7-14H,5-6H2,1-4H3. The van der Waals surface area contributed by atoms with Gasteiger partial charge in [-0.25, -0.2) is 4.68 Å². The van der Waals surface area contributed by atoms with Gasteiger partial charge in [0.1, 0.15) is 5.56 Å². The van der Waals surface area contributed by atoms with Crippen molar-refractivity contribution < 1.29 is 4.79 Å². The van der Waals surface area contributed by atoms with E-state index in [2.05, 4.69) is 19.1 Å². The van der Waals surface area contributed by atoms with Gasteiger partial charge in [-0.1, -0.05) is 12.1 Å². The summed E-state index contributed by atoms with van der Waals surface area (Å²) in [5, 5.41) is 4.70. The molecule has 0 radical (unpaired) electrons. The second-order valence-electron chi connectivity index (χ2n) is 6.10. The van der Waals surface area contributed by atoms with Crippen molar-refractivity contribution in [2.75, 3.05) is 13.1 Å². The third kappa shape index (κ3) is 3.09. The lowest BCUT2D eigenvalue weighted by Crippen LogP contribution is -2.31. The van der Waals surface area contributed by atoms with Gasteiger partial charge < -0.3 is 9.47 Å². The van der Waals surface area contributed by atoms with Crippen molar-refractivity contribution in [1.29, 1.82) is 0 Å². The first-order valence-electron chi connectivity index (χ1n) is 8.66. The molecule has 0 aliphatic carbocycles. The van der Waals surface area contributed by atoms with E-state index in [1.807, 2.05) is 71.6 Å². The lowest BCUT2D eigenvalue weighted by Gasteiger charge is -2.19. The minimum Gasteiger partial charge on any atom is -0.339 e. The van der Waals surface area contributed by atoms with Gasteiger partial charge in [0.2, 0.25) is 0 Å². The van der Waals surface area contributed by atoms with Gasteiger partial charge in [-0.15, -0.1) is 0 Å². The molecule has 2 aromatic heterocycles. The smallest absolute Gasteiger partial charge is 0.259 e. The third-order valence-corrected chi connectivity index (χ3v) is 4.40. The van der Waals surface area contributed by atoms with Crippen LogP contribution in [0.2, 0.25) is 0 Å². The van der Waals surface area contributed by atoms with Crippen molar-refractivity contribution in [1.82, 2.24) is 19.2 Å². The molecule has 0 fully saturated rings. The highest BCUT2D eigenvalue weighted by molar-refractivity contribution is 5.98. The minimum absolute atomic E-state index is 0.0186. The molecule has 5 nitrogen and oxygen atoms in total. The van der Waals surface area contributed by atoms with E-state index in [0.29, 0.717) is 18.7 Å². The molecule has 0 unspecified atom stereocenters. The zero-order valence-corrected chi connectivity index (χ0v) is 15.2. The van der Waals surface area contributed by atoms with Crippen LogP contribution >= 0.6 is 0 Å². The van der Waals surface area contributed by atoms with Crippen molar-refractivity contribution in [2.24, 2.45) is 0 Å². The fraction of sp³-hybridized carbons (Fsp3) is 0.300. The molecule has 3 rings (SSSR count). The molecule has 5 heteroatoms. The predicted molar refractivity (Wildman–Crippen MR) is 99.6 cm³/mol. The van der Waals surface area contributed by atoms with Crippen LogP contribution in [0.25, 0.3) is 11.5 Å². The number of benzene rings is 1. The first-order chi connectivity index (χ1) is 12.1. The molecular weight excluding hydrogens is 312 g/mol. The topological polar surface area (TPSA) is 43.1 Å². The zero-order chi connectivity index (χ0) is 18.0. The maximum Gasteiger partial charge on any atom is 0.259 e. The minimum atomic E-state index is 0.0186. The van der Waals surface area contributed by atoms with E-state index in [1.54, 1.807) is 0 Å². The van der Waals surface area contributed by atoms with Crippen LogP contribution < -0.4 is 0 Å². The zero-order valence-electron chi connectivity index (χ0n) is 15.2. The summed E-state index contributed by atoms with van der Waals surface area (Å²) in [5.41, 5.74) is 3.50. The number of carbonyl (C=O) groups is 1. The summed E-state index contributed by atoms with van der Waals surface area (Å²) in [6.45, 7) is 9.30. The molecule has 0 saturated heterocycles. The Bertz CT molecular complexity index is 873. The molecule has 0 bridgehead atoms. The van der Waals surface area contributed by atoms with Gasteiger partial charge in [0.15, 0.2) is 5.82 Å². The van der Waals surface area contributed by atoms with Crippen LogP contribution in [-0.4, -0.2) is 38.2 Å². The van der Waals surface area contributed by atoms with Crippen molar-refractivity contribution in [2.45, 2.75) is 27.7 Å². The number of hydrogen-bond acceptors (Lipinski definition) is 2. The van der Waals surface area contributed by atoms with Crippen LogP contribution in [0.4, 0.5) is 0 Å². The quantitative estimate of drug-likeness (QED) is 0.712. The molecule has 3 aromatic rings. The van der Waals surface area contributed by atoms with Crippen LogP contribution in [0, 0.1) is 13.8 Å². The van der Waals surface area contributed by atoms with Gasteiger partial charge in [-0.3, -0.25) is 4.79 Å². The van der Waals surface area contributed by atoms with Crippen LogP contribution in [0.1, 0.15) is 35.5 Å². The second kappa shape index (κ2) is 6.97. The third-order valence-electron chi connectivity index (χ3n) is 4.40. The second-order valence-corrected chi connectivity index (χ2v) is 6.10. The van der Waals surface area contributed by atoms with Crippen LogP contribution in [-0.2, 0) is 0 Å². The fourth-order valence-electron chi connectivity index (χ4n) is 3.09. The van der Waals surface area contributed by atoms with Gasteiger partial charge >= 0.3 is 0 Å². The molecule has 0 spiro atoms. The van der Waals surface area contributed by atoms with Gasteiger partial charge in [0, 0.05) is 25.5 Å². The average Bonchev–Trinajstić information content (AvgIpc) is 3.23. The lowest BCUT2D eigenvalue weighted by atomic mass is 10.2. The highest BCUT2D eigenvalue weighted by atomic mass is 16.2. The Kier molecular flexibility index (Phi) is 4.74. The first kappa shape index (κ1) is 17.0. The Labute approximate surface area is 148 Å². The summed E-state index contributed by atoms with van der Waals surface area (Å²) in [7, 11) is 0. The highest BCUT2D eigenvalue weighted by Crippen LogP contribution is 2.25. The van der Waals surface area contributed by atoms with Gasteiger partial charge in [-0.2, -0.15) is 5.10 Å². The Morgan fingerprint density at radius 3 is 2.36 bits per heavy atom. The van der Waals surface area contributed by atoms with Crippen molar-refractivity contribution in [3.05, 3.63) is 65.6 Å². The van der Waals surface area contributed by atoms with E-state index in [1.165, 1.54) is 0 Å². The van der Waals surface area contributed by atoms with Crippen molar-refractivity contribution in [3.8, 4) is 11.5 Å². The Morgan fingerprint density at radius 1 is 1.08 bits per heavy atom. The Balaban J connectivity index is 2.24. The Hall–Kier alpha value is -2.82. The molecule has 1 aromatic carbocycles. The Morgan fingerprint density at radius 2 is 1.76 bits per heavy atom. The van der Waals surface area contributed by atoms with Gasteiger partial charge in [-0.05, 0) is 57.5 Å². The number of nitrogens with zero attached hydrogens (tertiary/aromatic N) is 4. The monoisotopic (exact) mass is 336 g/mol. The largest absolute Gasteiger partial charge is 0.339 e. The summed E-state index contributed by atoms with van der Waals surface area (Å²) in [6.07, 6.45) is 3.89. The maximum absolute atomic E-state index is 13.1. The normalized spacial score (nSPS) is 10.9. The number of aromatic nitrogens is 3. The van der Waals surface area contributed by atoms with E-state index >= 15 is 0 Å². The average molecular weight is 336 g/mol. The van der Waals surface area contributed by atoms with E-state index in [4.69, 9.17) is 5.10 Å².